The van der Waals surface area contributed by atoms with Gasteiger partial charge in [0.25, 0.3) is 0 Å². The maximum Gasteiger partial charge on any atom is 0.408 e. The molecule has 1 heterocycles. The number of carboxylic acids is 1. The third-order valence-electron chi connectivity index (χ3n) is 4.14. The summed E-state index contributed by atoms with van der Waals surface area (Å²) in [5, 5.41) is 14.9. The molecule has 1 atom stereocenters. The van der Waals surface area contributed by atoms with E-state index >= 15 is 0 Å². The monoisotopic (exact) mass is 407 g/mol. The quantitative estimate of drug-likeness (QED) is 0.587. The van der Waals surface area contributed by atoms with Crippen molar-refractivity contribution in [3.8, 4) is 0 Å². The number of halogens is 1. The second-order valence-electron chi connectivity index (χ2n) is 8.32. The number of aliphatic carboxylic acids is 1. The number of aromatic amines is 1. The molecule has 0 bridgehead atoms. The fourth-order valence-electron chi connectivity index (χ4n) is 2.69. The Balaban J connectivity index is 2.13. The number of alkyl carbamates (subject to hydrolysis) is 1. The molecule has 2 rings (SSSR count). The van der Waals surface area contributed by atoms with E-state index in [9.17, 15) is 23.9 Å². The Hall–Kier alpha value is -3.10. The minimum absolute atomic E-state index is 0.0625. The van der Waals surface area contributed by atoms with Crippen LogP contribution in [-0.4, -0.2) is 45.2 Å². The zero-order valence-corrected chi connectivity index (χ0v) is 17.1. The minimum atomic E-state index is -1.41. The molecule has 1 unspecified atom stereocenters. The van der Waals surface area contributed by atoms with Crippen LogP contribution in [0.2, 0.25) is 0 Å². The maximum atomic E-state index is 13.5. The van der Waals surface area contributed by atoms with Gasteiger partial charge in [-0.1, -0.05) is 0 Å². The van der Waals surface area contributed by atoms with Gasteiger partial charge in [-0.3, -0.25) is 4.79 Å². The van der Waals surface area contributed by atoms with E-state index in [1.54, 1.807) is 33.0 Å². The molecule has 2 aromatic rings. The van der Waals surface area contributed by atoms with Crippen molar-refractivity contribution in [1.82, 2.24) is 15.6 Å². The molecule has 4 N–H and O–H groups in total. The van der Waals surface area contributed by atoms with Gasteiger partial charge in [0.05, 0.1) is 0 Å². The molecule has 0 saturated heterocycles. The summed E-state index contributed by atoms with van der Waals surface area (Å²) in [5.74, 6) is -2.39. The van der Waals surface area contributed by atoms with Gasteiger partial charge in [-0.2, -0.15) is 0 Å². The Labute approximate surface area is 167 Å². The zero-order valence-electron chi connectivity index (χ0n) is 17.1. The summed E-state index contributed by atoms with van der Waals surface area (Å²) in [7, 11) is 0. The number of hydrogen-bond acceptors (Lipinski definition) is 4. The number of hydrogen-bond donors (Lipinski definition) is 4. The van der Waals surface area contributed by atoms with Crippen LogP contribution in [0, 0.1) is 5.82 Å². The van der Waals surface area contributed by atoms with Gasteiger partial charge in [0.2, 0.25) is 5.91 Å². The number of nitrogens with one attached hydrogen (secondary N) is 3. The van der Waals surface area contributed by atoms with Gasteiger partial charge >= 0.3 is 12.1 Å². The molecule has 0 fully saturated rings. The fourth-order valence-corrected chi connectivity index (χ4v) is 2.69. The Kier molecular flexibility index (Phi) is 6.20. The number of benzene rings is 1. The average Bonchev–Trinajstić information content (AvgIpc) is 2.93. The lowest BCUT2D eigenvalue weighted by Gasteiger charge is -2.28. The summed E-state index contributed by atoms with van der Waals surface area (Å²) < 4.78 is 18.7. The molecule has 0 aliphatic carbocycles. The molecule has 0 aliphatic rings. The van der Waals surface area contributed by atoms with Gasteiger partial charge in [-0.15, -0.1) is 0 Å². The van der Waals surface area contributed by atoms with E-state index in [1.165, 1.54) is 26.0 Å². The van der Waals surface area contributed by atoms with Crippen LogP contribution in [0.15, 0.2) is 24.4 Å². The normalized spacial score (nSPS) is 13.0. The number of carbonyl (C=O) groups is 3. The van der Waals surface area contributed by atoms with Gasteiger partial charge < -0.3 is 25.5 Å². The van der Waals surface area contributed by atoms with Crippen molar-refractivity contribution < 1.29 is 28.6 Å². The topological polar surface area (TPSA) is 121 Å². The van der Waals surface area contributed by atoms with Crippen LogP contribution in [0.3, 0.4) is 0 Å². The summed E-state index contributed by atoms with van der Waals surface area (Å²) in [6.45, 7) is 7.93. The SMILES string of the molecule is CC(C)(C)OC(=O)NC(C)(C)C(=O)NC(Cc1c[nH]c2ccc(F)cc12)C(=O)O. The van der Waals surface area contributed by atoms with Crippen LogP contribution in [0.4, 0.5) is 9.18 Å². The van der Waals surface area contributed by atoms with Crippen molar-refractivity contribution in [1.29, 1.82) is 0 Å². The van der Waals surface area contributed by atoms with E-state index in [1.807, 2.05) is 0 Å². The molecule has 2 amide bonds. The second-order valence-corrected chi connectivity index (χ2v) is 8.32. The van der Waals surface area contributed by atoms with Gasteiger partial charge in [-0.05, 0) is 58.4 Å². The molecule has 29 heavy (non-hydrogen) atoms. The van der Waals surface area contributed by atoms with Gasteiger partial charge in [0.15, 0.2) is 0 Å². The van der Waals surface area contributed by atoms with Gasteiger partial charge in [0, 0.05) is 23.5 Å². The van der Waals surface area contributed by atoms with E-state index in [0.717, 1.165) is 0 Å². The molecular formula is C20H26FN3O5. The molecule has 1 aromatic carbocycles. The Bertz CT molecular complexity index is 930. The summed E-state index contributed by atoms with van der Waals surface area (Å²) in [6.07, 6.45) is 0.722. The first kappa shape index (κ1) is 22.2. The lowest BCUT2D eigenvalue weighted by Crippen LogP contribution is -2.58. The number of aromatic nitrogens is 1. The van der Waals surface area contributed by atoms with Crippen LogP contribution in [0.5, 0.6) is 0 Å². The smallest absolute Gasteiger partial charge is 0.408 e. The average molecular weight is 407 g/mol. The number of fused-ring (bicyclic) bond motifs is 1. The lowest BCUT2D eigenvalue weighted by atomic mass is 10.0. The number of carboxylic acid groups (broad SMARTS) is 1. The number of rotatable bonds is 6. The molecule has 9 heteroatoms. The molecule has 0 spiro atoms. The number of H-pyrrole nitrogens is 1. The Morgan fingerprint density at radius 1 is 1.21 bits per heavy atom. The highest BCUT2D eigenvalue weighted by Crippen LogP contribution is 2.21. The number of ether oxygens (including phenoxy) is 1. The summed E-state index contributed by atoms with van der Waals surface area (Å²) in [6, 6.07) is 2.88. The van der Waals surface area contributed by atoms with E-state index in [-0.39, 0.29) is 6.42 Å². The summed E-state index contributed by atoms with van der Waals surface area (Å²) in [5.41, 5.74) is -0.957. The minimum Gasteiger partial charge on any atom is -0.480 e. The predicted molar refractivity (Wildman–Crippen MR) is 105 cm³/mol. The van der Waals surface area contributed by atoms with Crippen LogP contribution in [0.1, 0.15) is 40.2 Å². The maximum absolute atomic E-state index is 13.5. The van der Waals surface area contributed by atoms with E-state index in [0.29, 0.717) is 16.5 Å². The molecule has 0 aliphatic heterocycles. The highest BCUT2D eigenvalue weighted by Gasteiger charge is 2.34. The van der Waals surface area contributed by atoms with Crippen LogP contribution in [0.25, 0.3) is 10.9 Å². The standard InChI is InChI=1S/C20H26FN3O5/c1-19(2,3)29-18(28)24-20(4,5)17(27)23-15(16(25)26)8-11-10-22-14-7-6-12(21)9-13(11)14/h6-7,9-10,15,22H,8H2,1-5H3,(H,23,27)(H,24,28)(H,25,26). The van der Waals surface area contributed by atoms with Gasteiger partial charge in [-0.25, -0.2) is 14.0 Å². The zero-order chi connectivity index (χ0) is 22.0. The van der Waals surface area contributed by atoms with Crippen molar-refractivity contribution in [3.05, 3.63) is 35.8 Å². The first-order valence-electron chi connectivity index (χ1n) is 9.09. The highest BCUT2D eigenvalue weighted by atomic mass is 19.1. The first-order chi connectivity index (χ1) is 13.3. The number of carbonyl (C=O) groups excluding carboxylic acids is 2. The molecule has 8 nitrogen and oxygen atoms in total. The van der Waals surface area contributed by atoms with Crippen LogP contribution in [-0.2, 0) is 20.7 Å². The molecule has 1 aromatic heterocycles. The fraction of sp³-hybridized carbons (Fsp3) is 0.450. The lowest BCUT2D eigenvalue weighted by molar-refractivity contribution is -0.142. The number of amides is 2. The molecule has 0 radical (unpaired) electrons. The predicted octanol–water partition coefficient (Wildman–Crippen LogP) is 2.72. The largest absolute Gasteiger partial charge is 0.480 e. The molecule has 0 saturated carbocycles. The van der Waals surface area contributed by atoms with Crippen LogP contribution < -0.4 is 10.6 Å². The highest BCUT2D eigenvalue weighted by molar-refractivity contribution is 5.92. The summed E-state index contributed by atoms with van der Waals surface area (Å²) in [4.78, 5) is 39.2. The van der Waals surface area contributed by atoms with E-state index < -0.39 is 41.0 Å². The first-order valence-corrected chi connectivity index (χ1v) is 9.09. The Morgan fingerprint density at radius 2 is 1.86 bits per heavy atom. The van der Waals surface area contributed by atoms with Gasteiger partial charge in [0.1, 0.15) is 23.0 Å². The third kappa shape index (κ3) is 5.94. The second kappa shape index (κ2) is 8.10. The van der Waals surface area contributed by atoms with Crippen molar-refractivity contribution in [2.24, 2.45) is 0 Å². The van der Waals surface area contributed by atoms with E-state index in [2.05, 4.69) is 15.6 Å². The Morgan fingerprint density at radius 3 is 2.45 bits per heavy atom. The molecular weight excluding hydrogens is 381 g/mol. The third-order valence-corrected chi connectivity index (χ3v) is 4.14. The van der Waals surface area contributed by atoms with E-state index in [4.69, 9.17) is 4.74 Å². The van der Waals surface area contributed by atoms with Crippen LogP contribution >= 0.6 is 0 Å². The van der Waals surface area contributed by atoms with Crippen molar-refractivity contribution in [2.45, 2.75) is 58.2 Å². The summed E-state index contributed by atoms with van der Waals surface area (Å²) >= 11 is 0. The van der Waals surface area contributed by atoms with Crippen molar-refractivity contribution in [2.75, 3.05) is 0 Å². The van der Waals surface area contributed by atoms with Crippen molar-refractivity contribution >= 4 is 28.9 Å². The van der Waals surface area contributed by atoms with Crippen molar-refractivity contribution in [3.63, 3.8) is 0 Å². The molecule has 158 valence electrons.